The molecule has 0 fully saturated rings. The zero-order chi connectivity index (χ0) is 19.0. The summed E-state index contributed by atoms with van der Waals surface area (Å²) >= 11 is 0. The number of benzene rings is 3. The van der Waals surface area contributed by atoms with Crippen LogP contribution in [-0.4, -0.2) is 19.5 Å². The van der Waals surface area contributed by atoms with Gasteiger partial charge in [-0.3, -0.25) is 14.7 Å². The van der Waals surface area contributed by atoms with E-state index in [9.17, 15) is 13.2 Å². The zero-order valence-electron chi connectivity index (χ0n) is 14.1. The highest BCUT2D eigenvalue weighted by molar-refractivity contribution is 7.92. The van der Waals surface area contributed by atoms with Crippen molar-refractivity contribution in [1.82, 2.24) is 5.48 Å². The molecule has 0 atom stereocenters. The first-order valence-corrected chi connectivity index (χ1v) is 9.74. The smallest absolute Gasteiger partial charge is 0.270 e. The molecule has 6 nitrogen and oxygen atoms in total. The van der Waals surface area contributed by atoms with Gasteiger partial charge in [0.25, 0.3) is 15.9 Å². The predicted molar refractivity (Wildman–Crippen MR) is 103 cm³/mol. The fraction of sp³-hybridized carbons (Fsp3) is 0.0500. The van der Waals surface area contributed by atoms with Gasteiger partial charge in [0.2, 0.25) is 0 Å². The molecule has 136 valence electrons. The van der Waals surface area contributed by atoms with Gasteiger partial charge in [-0.05, 0) is 52.2 Å². The highest BCUT2D eigenvalue weighted by atomic mass is 32.2. The van der Waals surface area contributed by atoms with Crippen LogP contribution < -0.4 is 10.2 Å². The SMILES string of the molecule is O=C(NO)C1=Cc2ccc(NS(=O)(=O)c3ccc4ccccc4c3)cc2C1. The fourth-order valence-electron chi connectivity index (χ4n) is 3.17. The van der Waals surface area contributed by atoms with Crippen molar-refractivity contribution in [2.45, 2.75) is 11.3 Å². The van der Waals surface area contributed by atoms with Crippen LogP contribution >= 0.6 is 0 Å². The molecule has 7 heteroatoms. The second kappa shape index (κ2) is 6.53. The molecule has 0 radical (unpaired) electrons. The lowest BCUT2D eigenvalue weighted by atomic mass is 10.1. The summed E-state index contributed by atoms with van der Waals surface area (Å²) in [6.45, 7) is 0. The van der Waals surface area contributed by atoms with Crippen LogP contribution in [0.25, 0.3) is 16.8 Å². The Labute approximate surface area is 156 Å². The molecule has 0 aromatic heterocycles. The number of hydrogen-bond acceptors (Lipinski definition) is 4. The van der Waals surface area contributed by atoms with Gasteiger partial charge in [0, 0.05) is 17.7 Å². The summed E-state index contributed by atoms with van der Waals surface area (Å²) in [4.78, 5) is 11.7. The molecule has 1 aliphatic carbocycles. The lowest BCUT2D eigenvalue weighted by Crippen LogP contribution is -2.20. The van der Waals surface area contributed by atoms with E-state index in [2.05, 4.69) is 4.72 Å². The molecule has 0 bridgehead atoms. The second-order valence-corrected chi connectivity index (χ2v) is 8.00. The topological polar surface area (TPSA) is 95.5 Å². The normalized spacial score (nSPS) is 13.1. The summed E-state index contributed by atoms with van der Waals surface area (Å²) in [5.74, 6) is -0.565. The van der Waals surface area contributed by atoms with Crippen LogP contribution in [0.4, 0.5) is 5.69 Å². The van der Waals surface area contributed by atoms with Gasteiger partial charge in [0.1, 0.15) is 0 Å². The number of anilines is 1. The van der Waals surface area contributed by atoms with Crippen molar-refractivity contribution in [1.29, 1.82) is 0 Å². The Morgan fingerprint density at radius 3 is 2.52 bits per heavy atom. The van der Waals surface area contributed by atoms with Crippen molar-refractivity contribution < 1.29 is 18.4 Å². The van der Waals surface area contributed by atoms with Crippen LogP contribution in [0, 0.1) is 0 Å². The highest BCUT2D eigenvalue weighted by Crippen LogP contribution is 2.29. The number of hydroxylamine groups is 1. The Balaban J connectivity index is 1.60. The lowest BCUT2D eigenvalue weighted by molar-refractivity contribution is -0.125. The average molecular weight is 380 g/mol. The van der Waals surface area contributed by atoms with Gasteiger partial charge in [0.15, 0.2) is 0 Å². The first-order valence-electron chi connectivity index (χ1n) is 8.26. The summed E-state index contributed by atoms with van der Waals surface area (Å²) in [6, 6.07) is 17.6. The molecule has 0 saturated heterocycles. The monoisotopic (exact) mass is 380 g/mol. The van der Waals surface area contributed by atoms with Gasteiger partial charge < -0.3 is 0 Å². The van der Waals surface area contributed by atoms with Crippen LogP contribution in [0.15, 0.2) is 71.1 Å². The van der Waals surface area contributed by atoms with Gasteiger partial charge in [0.05, 0.1) is 4.90 Å². The number of nitrogens with one attached hydrogen (secondary N) is 2. The van der Waals surface area contributed by atoms with E-state index < -0.39 is 15.9 Å². The van der Waals surface area contributed by atoms with E-state index >= 15 is 0 Å². The van der Waals surface area contributed by atoms with E-state index in [1.165, 1.54) is 0 Å². The van der Waals surface area contributed by atoms with E-state index in [-0.39, 0.29) is 4.90 Å². The largest absolute Gasteiger partial charge is 0.288 e. The number of carbonyl (C=O) groups excluding carboxylic acids is 1. The molecule has 3 N–H and O–H groups in total. The average Bonchev–Trinajstić information content (AvgIpc) is 3.10. The maximum absolute atomic E-state index is 12.7. The van der Waals surface area contributed by atoms with Gasteiger partial charge in [-0.25, -0.2) is 13.9 Å². The Kier molecular flexibility index (Phi) is 4.18. The molecule has 0 unspecified atom stereocenters. The number of carbonyl (C=O) groups is 1. The second-order valence-electron chi connectivity index (χ2n) is 6.32. The number of hydrogen-bond donors (Lipinski definition) is 3. The molecule has 1 amide bonds. The van der Waals surface area contributed by atoms with Gasteiger partial charge in [-0.2, -0.15) is 0 Å². The summed E-state index contributed by atoms with van der Waals surface area (Å²) in [5.41, 5.74) is 4.08. The Hall–Kier alpha value is -3.16. The Morgan fingerprint density at radius 1 is 0.963 bits per heavy atom. The predicted octanol–water partition coefficient (Wildman–Crippen LogP) is 3.09. The lowest BCUT2D eigenvalue weighted by Gasteiger charge is -2.10. The summed E-state index contributed by atoms with van der Waals surface area (Å²) < 4.78 is 28.1. The van der Waals surface area contributed by atoms with E-state index in [0.717, 1.165) is 21.9 Å². The Morgan fingerprint density at radius 2 is 1.74 bits per heavy atom. The van der Waals surface area contributed by atoms with Crippen molar-refractivity contribution >= 4 is 38.5 Å². The van der Waals surface area contributed by atoms with Crippen LogP contribution in [0.3, 0.4) is 0 Å². The number of amides is 1. The maximum Gasteiger partial charge on any atom is 0.270 e. The summed E-state index contributed by atoms with van der Waals surface area (Å²) in [7, 11) is -3.74. The maximum atomic E-state index is 12.7. The standard InChI is InChI=1S/C20H16N2O4S/c23-20(21-24)17-9-15-5-7-18(11-16(15)10-17)22-27(25,26)19-8-6-13-3-1-2-4-14(13)12-19/h1-9,11-12,22,24H,10H2,(H,21,23). The van der Waals surface area contributed by atoms with E-state index in [1.807, 2.05) is 24.3 Å². The van der Waals surface area contributed by atoms with Crippen LogP contribution in [-0.2, 0) is 21.2 Å². The molecule has 0 spiro atoms. The zero-order valence-corrected chi connectivity index (χ0v) is 15.0. The third-order valence-electron chi connectivity index (χ3n) is 4.53. The number of fused-ring (bicyclic) bond motifs is 2. The quantitative estimate of drug-likeness (QED) is 0.479. The summed E-state index contributed by atoms with van der Waals surface area (Å²) in [5, 5.41) is 10.6. The third kappa shape index (κ3) is 3.30. The van der Waals surface area contributed by atoms with Crippen molar-refractivity contribution in [3.63, 3.8) is 0 Å². The van der Waals surface area contributed by atoms with Gasteiger partial charge in [-0.1, -0.05) is 36.4 Å². The van der Waals surface area contributed by atoms with Crippen LogP contribution in [0.2, 0.25) is 0 Å². The van der Waals surface area contributed by atoms with Crippen molar-refractivity contribution in [2.75, 3.05) is 4.72 Å². The molecular weight excluding hydrogens is 364 g/mol. The molecule has 27 heavy (non-hydrogen) atoms. The van der Waals surface area contributed by atoms with E-state index in [0.29, 0.717) is 17.7 Å². The number of rotatable bonds is 4. The van der Waals surface area contributed by atoms with E-state index in [4.69, 9.17) is 5.21 Å². The van der Waals surface area contributed by atoms with Crippen molar-refractivity contribution in [3.8, 4) is 0 Å². The van der Waals surface area contributed by atoms with E-state index in [1.54, 1.807) is 48.0 Å². The molecule has 0 aliphatic heterocycles. The van der Waals surface area contributed by atoms with Gasteiger partial charge in [-0.15, -0.1) is 0 Å². The van der Waals surface area contributed by atoms with Crippen molar-refractivity contribution in [3.05, 3.63) is 77.4 Å². The summed E-state index contributed by atoms with van der Waals surface area (Å²) in [6.07, 6.45) is 2.00. The molecular formula is C20H16N2O4S. The van der Waals surface area contributed by atoms with Crippen molar-refractivity contribution in [2.24, 2.45) is 0 Å². The minimum absolute atomic E-state index is 0.181. The number of sulfonamides is 1. The first kappa shape index (κ1) is 17.3. The molecule has 1 aliphatic rings. The molecule has 3 aromatic carbocycles. The first-order chi connectivity index (χ1) is 13.0. The van der Waals surface area contributed by atoms with Crippen LogP contribution in [0.5, 0.6) is 0 Å². The Bertz CT molecular complexity index is 1200. The molecule has 0 heterocycles. The third-order valence-corrected chi connectivity index (χ3v) is 5.91. The van der Waals surface area contributed by atoms with Crippen LogP contribution in [0.1, 0.15) is 11.1 Å². The highest BCUT2D eigenvalue weighted by Gasteiger charge is 2.20. The minimum atomic E-state index is -3.74. The molecule has 0 saturated carbocycles. The fourth-order valence-corrected chi connectivity index (χ4v) is 4.26. The minimum Gasteiger partial charge on any atom is -0.288 e. The molecule has 4 rings (SSSR count). The molecule has 3 aromatic rings. The van der Waals surface area contributed by atoms with Gasteiger partial charge >= 0.3 is 0 Å².